The second kappa shape index (κ2) is 5.63. The molecule has 2 rings (SSSR count). The number of nitrogens with two attached hydrogens (primary N) is 1. The maximum absolute atomic E-state index is 11.4. The van der Waals surface area contributed by atoms with Crippen molar-refractivity contribution in [3.8, 4) is 5.75 Å². The van der Waals surface area contributed by atoms with Gasteiger partial charge in [-0.3, -0.25) is 4.79 Å². The van der Waals surface area contributed by atoms with Gasteiger partial charge in [0.2, 0.25) is 0 Å². The molecule has 2 aromatic carbocycles. The van der Waals surface area contributed by atoms with E-state index in [-0.39, 0.29) is 0 Å². The van der Waals surface area contributed by atoms with E-state index >= 15 is 0 Å². The molecule has 0 aliphatic carbocycles. The molecule has 0 aliphatic rings. The molecule has 98 valence electrons. The molecule has 0 radical (unpaired) electrons. The Morgan fingerprint density at radius 3 is 2.47 bits per heavy atom. The van der Waals surface area contributed by atoms with Crippen molar-refractivity contribution in [1.82, 2.24) is 0 Å². The highest BCUT2D eigenvalue weighted by Crippen LogP contribution is 2.25. The molecule has 2 aromatic rings. The van der Waals surface area contributed by atoms with Crippen molar-refractivity contribution in [2.24, 2.45) is 5.73 Å². The first-order chi connectivity index (χ1) is 9.10. The maximum atomic E-state index is 11.4. The number of ether oxygens (including phenoxy) is 1. The third-order valence-corrected chi connectivity index (χ3v) is 2.87. The Hall–Kier alpha value is -2.20. The van der Waals surface area contributed by atoms with E-state index in [1.807, 2.05) is 12.1 Å². The van der Waals surface area contributed by atoms with Crippen LogP contribution in [0, 0.1) is 0 Å². The standard InChI is InChI=1S/C14H13ClN2O2/c1-19-11-6-7-13(12(8-11)14(16)18)17-10-4-2-9(15)3-5-10/h2-8,17H,1H3,(H2,16,18). The van der Waals surface area contributed by atoms with Crippen molar-refractivity contribution in [3.63, 3.8) is 0 Å². The molecule has 0 spiro atoms. The Morgan fingerprint density at radius 2 is 1.89 bits per heavy atom. The van der Waals surface area contributed by atoms with E-state index < -0.39 is 5.91 Å². The summed E-state index contributed by atoms with van der Waals surface area (Å²) < 4.78 is 5.07. The molecule has 0 unspecified atom stereocenters. The Balaban J connectivity index is 2.33. The topological polar surface area (TPSA) is 64.3 Å². The van der Waals surface area contributed by atoms with Crippen molar-refractivity contribution in [3.05, 3.63) is 53.1 Å². The summed E-state index contributed by atoms with van der Waals surface area (Å²) in [6.45, 7) is 0. The predicted molar refractivity (Wildman–Crippen MR) is 76.2 cm³/mol. The van der Waals surface area contributed by atoms with Crippen molar-refractivity contribution < 1.29 is 9.53 Å². The number of hydrogen-bond donors (Lipinski definition) is 2. The molecule has 0 heterocycles. The number of nitrogens with one attached hydrogen (secondary N) is 1. The summed E-state index contributed by atoms with van der Waals surface area (Å²) in [5.41, 5.74) is 7.17. The van der Waals surface area contributed by atoms with Gasteiger partial charge in [0.25, 0.3) is 5.91 Å². The Labute approximate surface area is 116 Å². The number of rotatable bonds is 4. The number of benzene rings is 2. The Morgan fingerprint density at radius 1 is 1.21 bits per heavy atom. The fraction of sp³-hybridized carbons (Fsp3) is 0.0714. The number of primary amides is 1. The molecule has 0 aromatic heterocycles. The second-order valence-electron chi connectivity index (χ2n) is 3.91. The highest BCUT2D eigenvalue weighted by Gasteiger charge is 2.10. The summed E-state index contributed by atoms with van der Waals surface area (Å²) in [5.74, 6) is 0.0609. The van der Waals surface area contributed by atoms with Crippen LogP contribution in [0.3, 0.4) is 0 Å². The highest BCUT2D eigenvalue weighted by molar-refractivity contribution is 6.30. The van der Waals surface area contributed by atoms with Crippen molar-refractivity contribution in [2.45, 2.75) is 0 Å². The molecular formula is C14H13ClN2O2. The average Bonchev–Trinajstić information content (AvgIpc) is 2.41. The summed E-state index contributed by atoms with van der Waals surface area (Å²) in [6.07, 6.45) is 0. The minimum Gasteiger partial charge on any atom is -0.497 e. The first kappa shape index (κ1) is 13.2. The molecule has 0 saturated carbocycles. The van der Waals surface area contributed by atoms with E-state index in [4.69, 9.17) is 22.1 Å². The molecule has 0 fully saturated rings. The second-order valence-corrected chi connectivity index (χ2v) is 4.34. The van der Waals surface area contributed by atoms with Gasteiger partial charge in [-0.15, -0.1) is 0 Å². The summed E-state index contributed by atoms with van der Waals surface area (Å²) in [4.78, 5) is 11.4. The molecule has 0 aliphatic heterocycles. The van der Waals surface area contributed by atoms with Gasteiger partial charge >= 0.3 is 0 Å². The van der Waals surface area contributed by atoms with Crippen molar-refractivity contribution >= 4 is 28.9 Å². The van der Waals surface area contributed by atoms with Gasteiger partial charge in [0, 0.05) is 10.7 Å². The number of amides is 1. The Bertz CT molecular complexity index is 597. The van der Waals surface area contributed by atoms with Gasteiger partial charge in [0.15, 0.2) is 0 Å². The van der Waals surface area contributed by atoms with Crippen LogP contribution in [0.1, 0.15) is 10.4 Å². The van der Waals surface area contributed by atoms with Crippen LogP contribution in [0.2, 0.25) is 5.02 Å². The third kappa shape index (κ3) is 3.17. The van der Waals surface area contributed by atoms with Crippen LogP contribution >= 0.6 is 11.6 Å². The minimum absolute atomic E-state index is 0.370. The summed E-state index contributed by atoms with van der Waals surface area (Å²) in [6, 6.07) is 12.3. The molecule has 1 amide bonds. The van der Waals surface area contributed by atoms with Crippen LogP contribution in [-0.2, 0) is 0 Å². The predicted octanol–water partition coefficient (Wildman–Crippen LogP) is 3.19. The molecule has 4 nitrogen and oxygen atoms in total. The number of methoxy groups -OCH3 is 1. The fourth-order valence-corrected chi connectivity index (χ4v) is 1.78. The zero-order valence-corrected chi connectivity index (χ0v) is 11.1. The summed E-state index contributed by atoms with van der Waals surface area (Å²) >= 11 is 5.82. The van der Waals surface area contributed by atoms with Gasteiger partial charge in [-0.2, -0.15) is 0 Å². The van der Waals surface area contributed by atoms with E-state index in [1.54, 1.807) is 30.3 Å². The summed E-state index contributed by atoms with van der Waals surface area (Å²) in [5, 5.41) is 3.77. The minimum atomic E-state index is -0.518. The molecule has 0 saturated heterocycles. The van der Waals surface area contributed by atoms with Crippen molar-refractivity contribution in [2.75, 3.05) is 12.4 Å². The van der Waals surface area contributed by atoms with Gasteiger partial charge in [-0.25, -0.2) is 0 Å². The smallest absolute Gasteiger partial charge is 0.250 e. The van der Waals surface area contributed by atoms with Crippen LogP contribution in [0.4, 0.5) is 11.4 Å². The van der Waals surface area contributed by atoms with Gasteiger partial charge < -0.3 is 15.8 Å². The number of carbonyl (C=O) groups excluding carboxylic acids is 1. The molecular weight excluding hydrogens is 264 g/mol. The number of hydrogen-bond acceptors (Lipinski definition) is 3. The zero-order valence-electron chi connectivity index (χ0n) is 10.3. The van der Waals surface area contributed by atoms with E-state index in [2.05, 4.69) is 5.32 Å². The normalized spacial score (nSPS) is 10.0. The van der Waals surface area contributed by atoms with E-state index in [9.17, 15) is 4.79 Å². The molecule has 0 bridgehead atoms. The lowest BCUT2D eigenvalue weighted by atomic mass is 10.1. The number of anilines is 2. The van der Waals surface area contributed by atoms with E-state index in [1.165, 1.54) is 7.11 Å². The van der Waals surface area contributed by atoms with Crippen LogP contribution in [0.5, 0.6) is 5.75 Å². The highest BCUT2D eigenvalue weighted by atomic mass is 35.5. The van der Waals surface area contributed by atoms with Crippen LogP contribution in [0.15, 0.2) is 42.5 Å². The monoisotopic (exact) mass is 276 g/mol. The maximum Gasteiger partial charge on any atom is 0.250 e. The molecule has 0 atom stereocenters. The first-order valence-electron chi connectivity index (χ1n) is 5.60. The van der Waals surface area contributed by atoms with Crippen LogP contribution in [0.25, 0.3) is 0 Å². The zero-order chi connectivity index (χ0) is 13.8. The van der Waals surface area contributed by atoms with Gasteiger partial charge in [-0.1, -0.05) is 11.6 Å². The SMILES string of the molecule is COc1ccc(Nc2ccc(Cl)cc2)c(C(N)=O)c1. The van der Waals surface area contributed by atoms with Gasteiger partial charge in [0.05, 0.1) is 18.4 Å². The van der Waals surface area contributed by atoms with Crippen molar-refractivity contribution in [1.29, 1.82) is 0 Å². The third-order valence-electron chi connectivity index (χ3n) is 2.62. The molecule has 5 heteroatoms. The fourth-order valence-electron chi connectivity index (χ4n) is 1.65. The van der Waals surface area contributed by atoms with Crippen LogP contribution < -0.4 is 15.8 Å². The molecule has 3 N–H and O–H groups in total. The number of halogens is 1. The van der Waals surface area contributed by atoms with Gasteiger partial charge in [0.1, 0.15) is 5.75 Å². The first-order valence-corrected chi connectivity index (χ1v) is 5.98. The lowest BCUT2D eigenvalue weighted by molar-refractivity contribution is 0.100. The van der Waals surface area contributed by atoms with Crippen LogP contribution in [-0.4, -0.2) is 13.0 Å². The lowest BCUT2D eigenvalue weighted by Crippen LogP contribution is -2.13. The number of carbonyl (C=O) groups is 1. The molecule has 19 heavy (non-hydrogen) atoms. The van der Waals surface area contributed by atoms with E-state index in [0.29, 0.717) is 22.0 Å². The van der Waals surface area contributed by atoms with E-state index in [0.717, 1.165) is 5.69 Å². The largest absolute Gasteiger partial charge is 0.497 e. The van der Waals surface area contributed by atoms with Gasteiger partial charge in [-0.05, 0) is 42.5 Å². The Kier molecular flexibility index (Phi) is 3.92. The lowest BCUT2D eigenvalue weighted by Gasteiger charge is -2.11. The summed E-state index contributed by atoms with van der Waals surface area (Å²) in [7, 11) is 1.53. The quantitative estimate of drug-likeness (QED) is 0.901. The average molecular weight is 277 g/mol.